The molecule has 0 spiro atoms. The summed E-state index contributed by atoms with van der Waals surface area (Å²) < 4.78 is 54.9. The van der Waals surface area contributed by atoms with Gasteiger partial charge in [-0.15, -0.1) is 0 Å². The van der Waals surface area contributed by atoms with Crippen molar-refractivity contribution in [1.29, 1.82) is 0 Å². The third kappa shape index (κ3) is 7.40. The summed E-state index contributed by atoms with van der Waals surface area (Å²) in [4.78, 5) is 52.7. The van der Waals surface area contributed by atoms with Gasteiger partial charge in [0.05, 0.1) is 12.7 Å². The van der Waals surface area contributed by atoms with Crippen molar-refractivity contribution in [3.8, 4) is 0 Å². The summed E-state index contributed by atoms with van der Waals surface area (Å²) in [7, 11) is 1.14. The monoisotopic (exact) mass is 563 g/mol. The number of carbonyl (C=O) groups excluding carboxylic acids is 4. The number of carbonyl (C=O) groups is 4. The van der Waals surface area contributed by atoms with E-state index >= 15 is 0 Å². The van der Waals surface area contributed by atoms with Crippen molar-refractivity contribution in [2.24, 2.45) is 5.92 Å². The van der Waals surface area contributed by atoms with Crippen molar-refractivity contribution in [2.45, 2.75) is 64.0 Å². The zero-order valence-electron chi connectivity index (χ0n) is 22.5. The predicted octanol–water partition coefficient (Wildman–Crippen LogP) is 5.12. The van der Waals surface area contributed by atoms with Crippen LogP contribution in [0.1, 0.15) is 49.8 Å². The molecule has 8 nitrogen and oxygen atoms in total. The molecule has 2 aromatic rings. The number of esters is 2. The van der Waals surface area contributed by atoms with Gasteiger partial charge in [0.15, 0.2) is 5.78 Å². The molecule has 0 N–H and O–H groups in total. The number of nitrogens with zero attached hydrogens (tertiary/aromatic N) is 1. The number of amides is 1. The Balaban J connectivity index is 1.94. The molecule has 216 valence electrons. The minimum Gasteiger partial charge on any atom is -0.469 e. The Bertz CT molecular complexity index is 1200. The van der Waals surface area contributed by atoms with Gasteiger partial charge in [0.1, 0.15) is 24.2 Å². The van der Waals surface area contributed by atoms with Crippen LogP contribution >= 0.6 is 0 Å². The first kappa shape index (κ1) is 30.6. The van der Waals surface area contributed by atoms with Gasteiger partial charge in [0.25, 0.3) is 0 Å². The lowest BCUT2D eigenvalue weighted by molar-refractivity contribution is -0.160. The van der Waals surface area contributed by atoms with Crippen LogP contribution in [0, 0.1) is 5.92 Å². The average Bonchev–Trinajstić information content (AvgIpc) is 3.34. The Morgan fingerprint density at radius 2 is 1.65 bits per heavy atom. The highest BCUT2D eigenvalue weighted by Crippen LogP contribution is 2.38. The first-order valence-electron chi connectivity index (χ1n) is 12.8. The number of benzene rings is 2. The summed E-state index contributed by atoms with van der Waals surface area (Å²) in [6.45, 7) is 2.75. The molecule has 1 aliphatic heterocycles. The van der Waals surface area contributed by atoms with Gasteiger partial charge in [0.2, 0.25) is 0 Å². The lowest BCUT2D eigenvalue weighted by Gasteiger charge is -2.38. The van der Waals surface area contributed by atoms with Crippen LogP contribution in [0.15, 0.2) is 54.6 Å². The molecular formula is C29H32F3NO7. The van der Waals surface area contributed by atoms with Gasteiger partial charge >= 0.3 is 24.2 Å². The minimum absolute atomic E-state index is 0.0466. The van der Waals surface area contributed by atoms with E-state index in [1.54, 1.807) is 24.3 Å². The third-order valence-corrected chi connectivity index (χ3v) is 7.04. The lowest BCUT2D eigenvalue weighted by Crippen LogP contribution is -2.55. The number of alkyl halides is 3. The van der Waals surface area contributed by atoms with E-state index in [2.05, 4.69) is 0 Å². The molecule has 0 bridgehead atoms. The van der Waals surface area contributed by atoms with Gasteiger partial charge in [-0.05, 0) is 43.0 Å². The average molecular weight is 564 g/mol. The summed E-state index contributed by atoms with van der Waals surface area (Å²) in [6, 6.07) is 13.3. The molecule has 0 radical (unpaired) electrons. The number of hydrogen-bond acceptors (Lipinski definition) is 7. The number of halogens is 3. The molecule has 0 aromatic heterocycles. The highest BCUT2D eigenvalue weighted by Gasteiger charge is 2.51. The fourth-order valence-corrected chi connectivity index (χ4v) is 4.99. The highest BCUT2D eigenvalue weighted by molar-refractivity contribution is 5.95. The topological polar surface area (TPSA) is 99.2 Å². The van der Waals surface area contributed by atoms with Gasteiger partial charge in [-0.2, -0.15) is 13.2 Å². The number of Topliss-reactive ketones (excluding diaryl/α,β-unsaturated/α-hetero) is 1. The molecule has 1 amide bonds. The number of ether oxygens (including phenoxy) is 3. The van der Waals surface area contributed by atoms with E-state index in [-0.39, 0.29) is 26.0 Å². The Morgan fingerprint density at radius 1 is 1.00 bits per heavy atom. The van der Waals surface area contributed by atoms with Crippen LogP contribution in [0.2, 0.25) is 0 Å². The van der Waals surface area contributed by atoms with Crippen molar-refractivity contribution in [3.05, 3.63) is 71.3 Å². The molecule has 2 unspecified atom stereocenters. The van der Waals surface area contributed by atoms with Crippen molar-refractivity contribution in [2.75, 3.05) is 13.7 Å². The molecule has 0 saturated carbocycles. The molecule has 1 saturated heterocycles. The zero-order valence-corrected chi connectivity index (χ0v) is 22.5. The Labute approximate surface area is 230 Å². The van der Waals surface area contributed by atoms with E-state index in [1.807, 2.05) is 6.07 Å². The quantitative estimate of drug-likeness (QED) is 0.292. The molecule has 1 heterocycles. The van der Waals surface area contributed by atoms with Crippen molar-refractivity contribution in [3.63, 3.8) is 0 Å². The van der Waals surface area contributed by atoms with Gasteiger partial charge in [-0.25, -0.2) is 4.79 Å². The van der Waals surface area contributed by atoms with Gasteiger partial charge < -0.3 is 14.2 Å². The second kappa shape index (κ2) is 13.0. The number of ketones is 1. The van der Waals surface area contributed by atoms with Crippen LogP contribution < -0.4 is 0 Å². The largest absolute Gasteiger partial charge is 0.469 e. The number of hydrogen-bond donors (Lipinski definition) is 0. The third-order valence-electron chi connectivity index (χ3n) is 7.04. The Kier molecular flexibility index (Phi) is 9.94. The van der Waals surface area contributed by atoms with Gasteiger partial charge in [-0.3, -0.25) is 19.3 Å². The summed E-state index contributed by atoms with van der Waals surface area (Å²) >= 11 is 0. The molecule has 1 fully saturated rings. The maximum Gasteiger partial charge on any atom is 0.416 e. The summed E-state index contributed by atoms with van der Waals surface area (Å²) in [5.41, 5.74) is -1.22. The number of rotatable bonds is 10. The summed E-state index contributed by atoms with van der Waals surface area (Å²) in [5, 5.41) is 0. The molecule has 3 rings (SSSR count). The zero-order chi connectivity index (χ0) is 29.5. The molecule has 1 aliphatic rings. The van der Waals surface area contributed by atoms with Crippen LogP contribution in [-0.4, -0.2) is 54.0 Å². The molecule has 11 heteroatoms. The van der Waals surface area contributed by atoms with Crippen LogP contribution in [0.5, 0.6) is 0 Å². The Morgan fingerprint density at radius 3 is 2.23 bits per heavy atom. The van der Waals surface area contributed by atoms with E-state index in [0.29, 0.717) is 12.0 Å². The van der Waals surface area contributed by atoms with E-state index in [1.165, 1.54) is 30.9 Å². The molecule has 3 atom stereocenters. The van der Waals surface area contributed by atoms with E-state index < -0.39 is 59.5 Å². The smallest absolute Gasteiger partial charge is 0.416 e. The fraction of sp³-hybridized carbons (Fsp3) is 0.448. The minimum atomic E-state index is -4.53. The van der Waals surface area contributed by atoms with Crippen molar-refractivity contribution in [1.82, 2.24) is 4.90 Å². The Hall–Kier alpha value is -3.89. The fourth-order valence-electron chi connectivity index (χ4n) is 4.99. The summed E-state index contributed by atoms with van der Waals surface area (Å²) in [5.74, 6) is -3.10. The highest BCUT2D eigenvalue weighted by atomic mass is 19.4. The summed E-state index contributed by atoms with van der Waals surface area (Å²) in [6.07, 6.45) is -6.20. The van der Waals surface area contributed by atoms with Crippen LogP contribution in [0.4, 0.5) is 18.0 Å². The van der Waals surface area contributed by atoms with Crippen molar-refractivity contribution < 1.29 is 46.6 Å². The predicted molar refractivity (Wildman–Crippen MR) is 137 cm³/mol. The normalized spacial score (nSPS) is 18.5. The SMILES string of the molecule is COC(=O)C(CC(=O)[C@]1(Cc2ccc(C(F)(F)F)cc2)CCCN1C(=O)OCc1ccccc1)C(C)OC(C)=O. The van der Waals surface area contributed by atoms with E-state index in [4.69, 9.17) is 14.2 Å². The number of likely N-dealkylation sites (tertiary alicyclic amines) is 1. The van der Waals surface area contributed by atoms with Gasteiger partial charge in [-0.1, -0.05) is 42.5 Å². The van der Waals surface area contributed by atoms with E-state index in [0.717, 1.165) is 24.8 Å². The van der Waals surface area contributed by atoms with Crippen LogP contribution in [0.25, 0.3) is 0 Å². The van der Waals surface area contributed by atoms with Crippen molar-refractivity contribution >= 4 is 23.8 Å². The number of methoxy groups -OCH3 is 1. The lowest BCUT2D eigenvalue weighted by atomic mass is 9.79. The molecule has 2 aromatic carbocycles. The molecule has 0 aliphatic carbocycles. The van der Waals surface area contributed by atoms with Crippen LogP contribution in [-0.2, 0) is 47.8 Å². The molecular weight excluding hydrogens is 531 g/mol. The molecule has 40 heavy (non-hydrogen) atoms. The standard InChI is InChI=1S/C29H32F3NO7/c1-19(40-20(2)34)24(26(36)38-3)16-25(35)28(17-21-10-12-23(13-11-21)29(30,31)32)14-7-15-33(28)27(37)39-18-22-8-5-4-6-9-22/h4-6,8-13,19,24H,7,14-18H2,1-3H3/t19?,24?,28-/m1/s1. The second-order valence-corrected chi connectivity index (χ2v) is 9.77. The maximum absolute atomic E-state index is 14.0. The second-order valence-electron chi connectivity index (χ2n) is 9.77. The maximum atomic E-state index is 14.0. The first-order valence-corrected chi connectivity index (χ1v) is 12.8. The van der Waals surface area contributed by atoms with E-state index in [9.17, 15) is 32.3 Å². The van der Waals surface area contributed by atoms with Crippen LogP contribution in [0.3, 0.4) is 0 Å². The van der Waals surface area contributed by atoms with Gasteiger partial charge in [0, 0.05) is 26.3 Å². The first-order chi connectivity index (χ1) is 18.9.